The van der Waals surface area contributed by atoms with Crippen molar-refractivity contribution in [3.63, 3.8) is 0 Å². The zero-order valence-electron chi connectivity index (χ0n) is 12.7. The van der Waals surface area contributed by atoms with Gasteiger partial charge in [-0.3, -0.25) is 4.79 Å². The van der Waals surface area contributed by atoms with Crippen molar-refractivity contribution in [1.82, 2.24) is 4.90 Å². The Bertz CT molecular complexity index is 581. The van der Waals surface area contributed by atoms with Gasteiger partial charge in [-0.25, -0.2) is 0 Å². The smallest absolute Gasteiger partial charge is 0.242 e. The van der Waals surface area contributed by atoms with Crippen LogP contribution in [0.15, 0.2) is 54.6 Å². The fraction of sp³-hybridized carbons (Fsp3) is 0.278. The highest BCUT2D eigenvalue weighted by atomic mass is 16.2. The van der Waals surface area contributed by atoms with E-state index in [1.165, 1.54) is 11.1 Å². The van der Waals surface area contributed by atoms with Crippen LogP contribution in [0, 0.1) is 6.92 Å². The Morgan fingerprint density at radius 3 is 2.52 bits per heavy atom. The van der Waals surface area contributed by atoms with Crippen LogP contribution in [0.25, 0.3) is 0 Å². The summed E-state index contributed by atoms with van der Waals surface area (Å²) < 4.78 is 0. The van der Waals surface area contributed by atoms with Gasteiger partial charge in [-0.1, -0.05) is 48.0 Å². The van der Waals surface area contributed by atoms with E-state index in [1.807, 2.05) is 48.2 Å². The highest BCUT2D eigenvalue weighted by molar-refractivity contribution is 5.80. The Labute approximate surface area is 126 Å². The fourth-order valence-electron chi connectivity index (χ4n) is 2.25. The van der Waals surface area contributed by atoms with Gasteiger partial charge in [0.25, 0.3) is 0 Å². The van der Waals surface area contributed by atoms with Crippen LogP contribution in [0.1, 0.15) is 18.1 Å². The molecular weight excluding hydrogens is 260 g/mol. The molecule has 1 N–H and O–H groups in total. The molecule has 0 fully saturated rings. The molecule has 0 bridgehead atoms. The molecule has 0 radical (unpaired) electrons. The van der Waals surface area contributed by atoms with Crippen LogP contribution < -0.4 is 5.32 Å². The lowest BCUT2D eigenvalue weighted by Gasteiger charge is -2.21. The Morgan fingerprint density at radius 1 is 1.10 bits per heavy atom. The quantitative estimate of drug-likeness (QED) is 0.880. The highest BCUT2D eigenvalue weighted by Crippen LogP contribution is 2.09. The van der Waals surface area contributed by atoms with Crippen molar-refractivity contribution in [3.8, 4) is 0 Å². The van der Waals surface area contributed by atoms with E-state index in [0.29, 0.717) is 19.6 Å². The summed E-state index contributed by atoms with van der Waals surface area (Å²) in [4.78, 5) is 14.2. The molecule has 0 aliphatic carbocycles. The number of nitrogens with one attached hydrogen (secondary N) is 1. The zero-order chi connectivity index (χ0) is 15.1. The van der Waals surface area contributed by atoms with Crippen molar-refractivity contribution in [1.29, 1.82) is 0 Å². The maximum absolute atomic E-state index is 12.3. The largest absolute Gasteiger partial charge is 0.376 e. The number of aryl methyl sites for hydroxylation is 1. The summed E-state index contributed by atoms with van der Waals surface area (Å²) in [6.45, 7) is 5.77. The molecule has 0 heterocycles. The number of benzene rings is 2. The molecule has 2 aromatic rings. The average Bonchev–Trinajstić information content (AvgIpc) is 2.51. The first-order valence-corrected chi connectivity index (χ1v) is 7.31. The van der Waals surface area contributed by atoms with Gasteiger partial charge in [0, 0.05) is 18.8 Å². The molecule has 3 heteroatoms. The van der Waals surface area contributed by atoms with Crippen LogP contribution in [0.4, 0.5) is 5.69 Å². The first-order valence-electron chi connectivity index (χ1n) is 7.31. The summed E-state index contributed by atoms with van der Waals surface area (Å²) in [5.41, 5.74) is 3.36. The van der Waals surface area contributed by atoms with Gasteiger partial charge in [0.05, 0.1) is 6.54 Å². The number of hydrogen-bond acceptors (Lipinski definition) is 2. The normalized spacial score (nSPS) is 10.2. The van der Waals surface area contributed by atoms with E-state index in [9.17, 15) is 4.79 Å². The van der Waals surface area contributed by atoms with Gasteiger partial charge in [-0.2, -0.15) is 0 Å². The number of amides is 1. The third-order valence-corrected chi connectivity index (χ3v) is 3.41. The predicted molar refractivity (Wildman–Crippen MR) is 87.2 cm³/mol. The lowest BCUT2D eigenvalue weighted by Crippen LogP contribution is -2.34. The number of nitrogens with zero attached hydrogens (tertiary/aromatic N) is 1. The number of rotatable bonds is 6. The molecule has 0 spiro atoms. The summed E-state index contributed by atoms with van der Waals surface area (Å²) in [6.07, 6.45) is 0. The summed E-state index contributed by atoms with van der Waals surface area (Å²) in [6, 6.07) is 18.1. The van der Waals surface area contributed by atoms with Crippen molar-refractivity contribution in [2.24, 2.45) is 0 Å². The second-order valence-corrected chi connectivity index (χ2v) is 5.12. The van der Waals surface area contributed by atoms with Crippen molar-refractivity contribution in [2.75, 3.05) is 18.4 Å². The number of likely N-dealkylation sites (N-methyl/N-ethyl adjacent to an activating group) is 1. The number of carbonyl (C=O) groups is 1. The molecule has 0 aromatic heterocycles. The van der Waals surface area contributed by atoms with Crippen LogP contribution in [-0.4, -0.2) is 23.9 Å². The molecule has 0 aliphatic rings. The van der Waals surface area contributed by atoms with Crippen LogP contribution in [0.2, 0.25) is 0 Å². The van der Waals surface area contributed by atoms with E-state index >= 15 is 0 Å². The maximum atomic E-state index is 12.3. The molecule has 21 heavy (non-hydrogen) atoms. The van der Waals surface area contributed by atoms with Gasteiger partial charge in [0.2, 0.25) is 5.91 Å². The SMILES string of the molecule is CCN(Cc1cccc(C)c1)C(=O)CNc1ccccc1. The monoisotopic (exact) mass is 282 g/mol. The molecule has 2 aromatic carbocycles. The van der Waals surface area contributed by atoms with Crippen molar-refractivity contribution in [2.45, 2.75) is 20.4 Å². The Hall–Kier alpha value is -2.29. The third-order valence-electron chi connectivity index (χ3n) is 3.41. The van der Waals surface area contributed by atoms with E-state index in [2.05, 4.69) is 30.4 Å². The number of para-hydroxylation sites is 1. The molecule has 2 rings (SSSR count). The molecule has 0 saturated heterocycles. The van der Waals surface area contributed by atoms with Gasteiger partial charge in [-0.15, -0.1) is 0 Å². The van der Waals surface area contributed by atoms with Gasteiger partial charge in [0.15, 0.2) is 0 Å². The molecule has 0 atom stereocenters. The standard InChI is InChI=1S/C18H22N2O/c1-3-20(14-16-9-7-8-15(2)12-16)18(21)13-19-17-10-5-4-6-11-17/h4-12,19H,3,13-14H2,1-2H3. The lowest BCUT2D eigenvalue weighted by atomic mass is 10.1. The molecule has 1 amide bonds. The summed E-state index contributed by atoms with van der Waals surface area (Å²) in [7, 11) is 0. The molecule has 0 unspecified atom stereocenters. The number of hydrogen-bond donors (Lipinski definition) is 1. The van der Waals surface area contributed by atoms with Crippen molar-refractivity contribution < 1.29 is 4.79 Å². The van der Waals surface area contributed by atoms with Crippen molar-refractivity contribution >= 4 is 11.6 Å². The molecule has 0 saturated carbocycles. The molecule has 110 valence electrons. The Balaban J connectivity index is 1.92. The van der Waals surface area contributed by atoms with Gasteiger partial charge >= 0.3 is 0 Å². The summed E-state index contributed by atoms with van der Waals surface area (Å²) >= 11 is 0. The van der Waals surface area contributed by atoms with E-state index in [4.69, 9.17) is 0 Å². The second kappa shape index (κ2) is 7.48. The predicted octanol–water partition coefficient (Wildman–Crippen LogP) is 3.46. The maximum Gasteiger partial charge on any atom is 0.242 e. The number of anilines is 1. The fourth-order valence-corrected chi connectivity index (χ4v) is 2.25. The van der Waals surface area contributed by atoms with E-state index in [-0.39, 0.29) is 5.91 Å². The van der Waals surface area contributed by atoms with E-state index < -0.39 is 0 Å². The number of carbonyl (C=O) groups excluding carboxylic acids is 1. The third kappa shape index (κ3) is 4.63. The molecule has 3 nitrogen and oxygen atoms in total. The minimum atomic E-state index is 0.114. The van der Waals surface area contributed by atoms with Crippen molar-refractivity contribution in [3.05, 3.63) is 65.7 Å². The first kappa shape index (κ1) is 15.1. The summed E-state index contributed by atoms with van der Waals surface area (Å²) in [5.74, 6) is 0.114. The van der Waals surface area contributed by atoms with E-state index in [1.54, 1.807) is 0 Å². The zero-order valence-corrected chi connectivity index (χ0v) is 12.7. The van der Waals surface area contributed by atoms with Gasteiger partial charge in [0.1, 0.15) is 0 Å². The Kier molecular flexibility index (Phi) is 5.38. The van der Waals surface area contributed by atoms with Gasteiger partial charge < -0.3 is 10.2 Å². The van der Waals surface area contributed by atoms with Crippen LogP contribution in [0.3, 0.4) is 0 Å². The van der Waals surface area contributed by atoms with Gasteiger partial charge in [-0.05, 0) is 31.5 Å². The highest BCUT2D eigenvalue weighted by Gasteiger charge is 2.11. The molecular formula is C18H22N2O. The molecule has 0 aliphatic heterocycles. The van der Waals surface area contributed by atoms with Crippen LogP contribution >= 0.6 is 0 Å². The minimum absolute atomic E-state index is 0.114. The lowest BCUT2D eigenvalue weighted by molar-refractivity contribution is -0.129. The Morgan fingerprint density at radius 2 is 1.86 bits per heavy atom. The minimum Gasteiger partial charge on any atom is -0.376 e. The second-order valence-electron chi connectivity index (χ2n) is 5.12. The van der Waals surface area contributed by atoms with Crippen LogP contribution in [0.5, 0.6) is 0 Å². The topological polar surface area (TPSA) is 32.3 Å². The summed E-state index contributed by atoms with van der Waals surface area (Å²) in [5, 5.41) is 3.17. The average molecular weight is 282 g/mol. The van der Waals surface area contributed by atoms with E-state index in [0.717, 1.165) is 5.69 Å². The van der Waals surface area contributed by atoms with Crippen LogP contribution in [-0.2, 0) is 11.3 Å². The first-order chi connectivity index (χ1) is 10.2.